The van der Waals surface area contributed by atoms with Crippen molar-refractivity contribution in [1.82, 2.24) is 9.78 Å². The van der Waals surface area contributed by atoms with E-state index in [1.54, 1.807) is 0 Å². The van der Waals surface area contributed by atoms with Gasteiger partial charge in [-0.1, -0.05) is 15.9 Å². The molecule has 4 heteroatoms. The Labute approximate surface area is 129 Å². The molecular weight excluding hydrogens is 314 g/mol. The van der Waals surface area contributed by atoms with Crippen molar-refractivity contribution >= 4 is 21.6 Å². The van der Waals surface area contributed by atoms with Crippen molar-refractivity contribution in [3.05, 3.63) is 45.7 Å². The highest BCUT2D eigenvalue weighted by Crippen LogP contribution is 2.25. The number of anilines is 1. The van der Waals surface area contributed by atoms with Gasteiger partial charge in [-0.25, -0.2) is 0 Å². The zero-order valence-corrected chi connectivity index (χ0v) is 14.4. The summed E-state index contributed by atoms with van der Waals surface area (Å²) in [7, 11) is 0. The molecule has 0 radical (unpaired) electrons. The number of aromatic nitrogens is 2. The van der Waals surface area contributed by atoms with Crippen LogP contribution in [0.25, 0.3) is 0 Å². The Balaban J connectivity index is 2.08. The molecule has 20 heavy (non-hydrogen) atoms. The van der Waals surface area contributed by atoms with Gasteiger partial charge in [-0.2, -0.15) is 5.10 Å². The number of halogens is 1. The molecule has 0 atom stereocenters. The molecule has 0 unspecified atom stereocenters. The van der Waals surface area contributed by atoms with E-state index in [0.717, 1.165) is 12.2 Å². The predicted octanol–water partition coefficient (Wildman–Crippen LogP) is 4.63. The van der Waals surface area contributed by atoms with Gasteiger partial charge in [0.1, 0.15) is 0 Å². The summed E-state index contributed by atoms with van der Waals surface area (Å²) in [5, 5.41) is 7.88. The van der Waals surface area contributed by atoms with Crippen LogP contribution in [-0.4, -0.2) is 9.78 Å². The highest BCUT2D eigenvalue weighted by molar-refractivity contribution is 9.10. The van der Waals surface area contributed by atoms with Crippen LogP contribution in [0, 0.1) is 13.8 Å². The van der Waals surface area contributed by atoms with Crippen molar-refractivity contribution < 1.29 is 0 Å². The third-order valence-electron chi connectivity index (χ3n) is 3.26. The summed E-state index contributed by atoms with van der Waals surface area (Å²) >= 11 is 3.59. The van der Waals surface area contributed by atoms with E-state index < -0.39 is 0 Å². The van der Waals surface area contributed by atoms with E-state index in [2.05, 4.69) is 79.3 Å². The van der Waals surface area contributed by atoms with Gasteiger partial charge in [0.15, 0.2) is 0 Å². The fourth-order valence-electron chi connectivity index (χ4n) is 2.07. The zero-order valence-electron chi connectivity index (χ0n) is 12.8. The first-order valence-corrected chi connectivity index (χ1v) is 7.61. The highest BCUT2D eigenvalue weighted by Gasteiger charge is 2.13. The minimum Gasteiger partial charge on any atom is -0.381 e. The van der Waals surface area contributed by atoms with Gasteiger partial charge in [0, 0.05) is 28.5 Å². The van der Waals surface area contributed by atoms with E-state index in [1.807, 2.05) is 10.9 Å². The van der Waals surface area contributed by atoms with Crippen molar-refractivity contribution in [1.29, 1.82) is 0 Å². The molecule has 2 rings (SSSR count). The lowest BCUT2D eigenvalue weighted by atomic mass is 10.1. The quantitative estimate of drug-likeness (QED) is 0.886. The first-order chi connectivity index (χ1) is 9.27. The van der Waals surface area contributed by atoms with Gasteiger partial charge in [-0.3, -0.25) is 4.68 Å². The van der Waals surface area contributed by atoms with Crippen LogP contribution in [-0.2, 0) is 12.1 Å². The third-order valence-corrected chi connectivity index (χ3v) is 4.51. The molecule has 0 aliphatic rings. The van der Waals surface area contributed by atoms with Crippen LogP contribution >= 0.6 is 15.9 Å². The second-order valence-electron chi connectivity index (χ2n) is 6.24. The van der Waals surface area contributed by atoms with E-state index in [-0.39, 0.29) is 5.54 Å². The molecule has 0 saturated carbocycles. The summed E-state index contributed by atoms with van der Waals surface area (Å²) in [5.74, 6) is 0. The van der Waals surface area contributed by atoms with Crippen LogP contribution in [0.15, 0.2) is 29.0 Å². The fraction of sp³-hybridized carbons (Fsp3) is 0.438. The van der Waals surface area contributed by atoms with Crippen molar-refractivity contribution in [2.75, 3.05) is 5.32 Å². The number of rotatable bonds is 3. The minimum atomic E-state index is 0.0308. The molecule has 0 saturated heterocycles. The Hall–Kier alpha value is -1.29. The molecule has 1 heterocycles. The van der Waals surface area contributed by atoms with Crippen molar-refractivity contribution in [3.63, 3.8) is 0 Å². The number of nitrogens with zero attached hydrogens (tertiary/aromatic N) is 2. The molecule has 1 aromatic heterocycles. The van der Waals surface area contributed by atoms with Crippen LogP contribution in [0.3, 0.4) is 0 Å². The lowest BCUT2D eigenvalue weighted by Crippen LogP contribution is -2.21. The Morgan fingerprint density at radius 3 is 2.30 bits per heavy atom. The molecule has 0 bridgehead atoms. The lowest BCUT2D eigenvalue weighted by Gasteiger charge is -2.18. The summed E-state index contributed by atoms with van der Waals surface area (Å²) < 4.78 is 3.19. The Bertz CT molecular complexity index is 585. The average Bonchev–Trinajstić information content (AvgIpc) is 2.82. The Morgan fingerprint density at radius 2 is 1.80 bits per heavy atom. The molecule has 0 spiro atoms. The Morgan fingerprint density at radius 1 is 1.20 bits per heavy atom. The second kappa shape index (κ2) is 5.60. The zero-order chi connectivity index (χ0) is 14.9. The minimum absolute atomic E-state index is 0.0308. The molecule has 0 aliphatic heterocycles. The smallest absolute Gasteiger partial charge is 0.0543 e. The number of hydrogen-bond donors (Lipinski definition) is 1. The van der Waals surface area contributed by atoms with Crippen LogP contribution in [0.4, 0.5) is 5.69 Å². The number of benzene rings is 1. The van der Waals surface area contributed by atoms with Crippen LogP contribution in [0.2, 0.25) is 0 Å². The van der Waals surface area contributed by atoms with Crippen LogP contribution in [0.5, 0.6) is 0 Å². The van der Waals surface area contributed by atoms with E-state index >= 15 is 0 Å². The molecule has 108 valence electrons. The Kier molecular flexibility index (Phi) is 4.23. The third kappa shape index (κ3) is 3.42. The fourth-order valence-corrected chi connectivity index (χ4v) is 2.30. The van der Waals surface area contributed by atoms with Crippen LogP contribution in [0.1, 0.15) is 37.5 Å². The largest absolute Gasteiger partial charge is 0.381 e. The van der Waals surface area contributed by atoms with Crippen molar-refractivity contribution in [2.45, 2.75) is 46.7 Å². The normalized spacial score (nSPS) is 11.7. The van der Waals surface area contributed by atoms with Gasteiger partial charge < -0.3 is 5.32 Å². The van der Waals surface area contributed by atoms with E-state index in [4.69, 9.17) is 0 Å². The average molecular weight is 336 g/mol. The predicted molar refractivity (Wildman–Crippen MR) is 88.2 cm³/mol. The van der Waals surface area contributed by atoms with Gasteiger partial charge in [-0.05, 0) is 57.9 Å². The molecule has 0 aliphatic carbocycles. The van der Waals surface area contributed by atoms with Gasteiger partial charge in [0.25, 0.3) is 0 Å². The monoisotopic (exact) mass is 335 g/mol. The van der Waals surface area contributed by atoms with Gasteiger partial charge >= 0.3 is 0 Å². The summed E-state index contributed by atoms with van der Waals surface area (Å²) in [6, 6.07) is 4.32. The molecule has 3 nitrogen and oxygen atoms in total. The van der Waals surface area contributed by atoms with Gasteiger partial charge in [-0.15, -0.1) is 0 Å². The maximum absolute atomic E-state index is 4.42. The first kappa shape index (κ1) is 15.1. The maximum atomic E-state index is 4.42. The SMILES string of the molecule is Cc1cc(NCc2cnn(C(C)(C)C)c2)cc(C)c1Br. The van der Waals surface area contributed by atoms with Gasteiger partial charge in [0.05, 0.1) is 11.7 Å². The molecule has 0 amide bonds. The molecule has 1 N–H and O–H groups in total. The molecule has 2 aromatic rings. The summed E-state index contributed by atoms with van der Waals surface area (Å²) in [6.07, 6.45) is 4.03. The number of hydrogen-bond acceptors (Lipinski definition) is 2. The summed E-state index contributed by atoms with van der Waals surface area (Å²) in [5.41, 5.74) is 4.86. The van der Waals surface area contributed by atoms with Crippen molar-refractivity contribution in [2.24, 2.45) is 0 Å². The topological polar surface area (TPSA) is 29.9 Å². The van der Waals surface area contributed by atoms with Gasteiger partial charge in [0.2, 0.25) is 0 Å². The number of aryl methyl sites for hydroxylation is 2. The van der Waals surface area contributed by atoms with Crippen molar-refractivity contribution in [3.8, 4) is 0 Å². The second-order valence-corrected chi connectivity index (χ2v) is 7.03. The van der Waals surface area contributed by atoms with E-state index in [1.165, 1.54) is 21.2 Å². The van der Waals surface area contributed by atoms with E-state index in [0.29, 0.717) is 0 Å². The van der Waals surface area contributed by atoms with E-state index in [9.17, 15) is 0 Å². The summed E-state index contributed by atoms with van der Waals surface area (Å²) in [6.45, 7) is 11.5. The lowest BCUT2D eigenvalue weighted by molar-refractivity contribution is 0.355. The molecule has 1 aromatic carbocycles. The highest BCUT2D eigenvalue weighted by atomic mass is 79.9. The maximum Gasteiger partial charge on any atom is 0.0543 e. The summed E-state index contributed by atoms with van der Waals surface area (Å²) in [4.78, 5) is 0. The first-order valence-electron chi connectivity index (χ1n) is 6.82. The number of nitrogens with one attached hydrogen (secondary N) is 1. The standard InChI is InChI=1S/C16H22BrN3/c1-11-6-14(7-12(2)15(11)17)18-8-13-9-19-20(10-13)16(3,4)5/h6-7,9-10,18H,8H2,1-5H3. The van der Waals surface area contributed by atoms with Crippen LogP contribution < -0.4 is 5.32 Å². The molecule has 0 fully saturated rings. The molecular formula is C16H22BrN3.